The number of nitrogens with one attached hydrogen (secondary N) is 1. The molecule has 0 aliphatic carbocycles. The average molecular weight is 413 g/mol. The van der Waals surface area contributed by atoms with Gasteiger partial charge in [0.1, 0.15) is 11.8 Å². The summed E-state index contributed by atoms with van der Waals surface area (Å²) in [7, 11) is 1.75. The van der Waals surface area contributed by atoms with Crippen molar-refractivity contribution in [3.8, 4) is 17.3 Å². The third-order valence-corrected chi connectivity index (χ3v) is 5.44. The van der Waals surface area contributed by atoms with Crippen LogP contribution in [0.25, 0.3) is 11.3 Å². The van der Waals surface area contributed by atoms with Gasteiger partial charge in [-0.15, -0.1) is 5.14 Å². The van der Waals surface area contributed by atoms with Crippen LogP contribution in [0.3, 0.4) is 0 Å². The number of hydrogen-bond acceptors (Lipinski definition) is 4. The molecule has 1 amide bonds. The fourth-order valence-electron chi connectivity index (χ4n) is 2.89. The third-order valence-electron chi connectivity index (χ3n) is 4.30. The van der Waals surface area contributed by atoms with Crippen molar-refractivity contribution in [3.05, 3.63) is 70.9 Å². The Morgan fingerprint density at radius 2 is 2.04 bits per heavy atom. The first-order valence-corrected chi connectivity index (χ1v) is 9.89. The summed E-state index contributed by atoms with van der Waals surface area (Å²) >= 11 is 4.32. The third kappa shape index (κ3) is 4.21. The van der Waals surface area contributed by atoms with E-state index in [9.17, 15) is 9.35 Å². The van der Waals surface area contributed by atoms with E-state index in [0.29, 0.717) is 38.1 Å². The summed E-state index contributed by atoms with van der Waals surface area (Å²) in [5.74, 6) is -0.250. The van der Waals surface area contributed by atoms with Crippen LogP contribution in [0.2, 0.25) is 5.02 Å². The number of aromatic nitrogens is 1. The van der Waals surface area contributed by atoms with Crippen LogP contribution in [0.15, 0.2) is 59.5 Å². The summed E-state index contributed by atoms with van der Waals surface area (Å²) < 4.78 is 13.8. The predicted molar refractivity (Wildman–Crippen MR) is 110 cm³/mol. The number of carbonyl (C=O) groups excluding carboxylic acids is 1. The molecule has 3 N–H and O–H groups in total. The van der Waals surface area contributed by atoms with Crippen molar-refractivity contribution < 1.29 is 9.35 Å². The van der Waals surface area contributed by atoms with Crippen molar-refractivity contribution in [2.75, 3.05) is 5.32 Å². The topological polar surface area (TPSA) is 107 Å². The maximum atomic E-state index is 12.3. The van der Waals surface area contributed by atoms with Gasteiger partial charge < -0.3 is 14.4 Å². The average Bonchev–Trinajstić information content (AvgIpc) is 3.04. The Hall–Kier alpha value is -2.76. The molecule has 8 heteroatoms. The first-order valence-electron chi connectivity index (χ1n) is 8.30. The Morgan fingerprint density at radius 3 is 2.68 bits per heavy atom. The summed E-state index contributed by atoms with van der Waals surface area (Å²) in [6.07, 6.45) is 0.117. The fourth-order valence-corrected chi connectivity index (χ4v) is 3.73. The molecule has 0 aliphatic heterocycles. The number of rotatable bonds is 5. The minimum atomic E-state index is -1.78. The van der Waals surface area contributed by atoms with E-state index in [1.807, 2.05) is 6.07 Å². The largest absolute Gasteiger partial charge is 0.593 e. The Kier molecular flexibility index (Phi) is 6.07. The monoisotopic (exact) mass is 412 g/mol. The number of anilines is 1. The van der Waals surface area contributed by atoms with Crippen molar-refractivity contribution in [1.82, 2.24) is 4.57 Å². The van der Waals surface area contributed by atoms with Crippen LogP contribution in [0.4, 0.5) is 5.69 Å². The molecule has 3 aromatic rings. The number of halogens is 1. The van der Waals surface area contributed by atoms with E-state index in [0.717, 1.165) is 0 Å². The molecule has 0 saturated heterocycles. The number of nitrogens with zero attached hydrogens (tertiary/aromatic N) is 2. The lowest BCUT2D eigenvalue weighted by atomic mass is 10.1. The summed E-state index contributed by atoms with van der Waals surface area (Å²) in [4.78, 5) is 12.7. The second-order valence-corrected chi connectivity index (χ2v) is 7.54. The Balaban J connectivity index is 1.87. The molecule has 0 bridgehead atoms. The summed E-state index contributed by atoms with van der Waals surface area (Å²) in [6, 6.07) is 17.7. The van der Waals surface area contributed by atoms with E-state index in [2.05, 4.69) is 11.4 Å². The highest BCUT2D eigenvalue weighted by molar-refractivity contribution is 7.89. The van der Waals surface area contributed by atoms with E-state index in [1.165, 1.54) is 0 Å². The van der Waals surface area contributed by atoms with E-state index < -0.39 is 11.4 Å². The molecule has 0 saturated carbocycles. The van der Waals surface area contributed by atoms with Crippen LogP contribution >= 0.6 is 11.6 Å². The number of benzene rings is 2. The van der Waals surface area contributed by atoms with Gasteiger partial charge in [0.15, 0.2) is 4.90 Å². The molecule has 6 nitrogen and oxygen atoms in total. The van der Waals surface area contributed by atoms with Gasteiger partial charge in [-0.1, -0.05) is 29.8 Å². The van der Waals surface area contributed by atoms with Gasteiger partial charge in [-0.05, 0) is 35.9 Å². The van der Waals surface area contributed by atoms with Crippen molar-refractivity contribution >= 4 is 34.6 Å². The first kappa shape index (κ1) is 20.0. The molecule has 1 heterocycles. The van der Waals surface area contributed by atoms with Crippen molar-refractivity contribution in [3.63, 3.8) is 0 Å². The number of carbonyl (C=O) groups is 1. The number of hydrogen-bond donors (Lipinski definition) is 2. The predicted octanol–water partition coefficient (Wildman–Crippen LogP) is 3.38. The van der Waals surface area contributed by atoms with Crippen LogP contribution < -0.4 is 10.5 Å². The zero-order valence-electron chi connectivity index (χ0n) is 15.0. The second-order valence-electron chi connectivity index (χ2n) is 6.10. The van der Waals surface area contributed by atoms with E-state index in [-0.39, 0.29) is 12.3 Å². The molecular formula is C20H17ClN4O2S. The van der Waals surface area contributed by atoms with Crippen molar-refractivity contribution in [2.24, 2.45) is 12.2 Å². The maximum absolute atomic E-state index is 12.3. The van der Waals surface area contributed by atoms with Crippen molar-refractivity contribution in [2.45, 2.75) is 11.3 Å². The van der Waals surface area contributed by atoms with Gasteiger partial charge in [-0.3, -0.25) is 4.79 Å². The highest BCUT2D eigenvalue weighted by Crippen LogP contribution is 2.30. The lowest BCUT2D eigenvalue weighted by molar-refractivity contribution is -0.115. The first-order chi connectivity index (χ1) is 13.4. The molecule has 1 atom stereocenters. The molecule has 142 valence electrons. The Bertz CT molecular complexity index is 1070. The van der Waals surface area contributed by atoms with Crippen LogP contribution in [-0.4, -0.2) is 15.0 Å². The zero-order chi connectivity index (χ0) is 20.3. The van der Waals surface area contributed by atoms with Crippen LogP contribution in [0, 0.1) is 11.3 Å². The minimum absolute atomic E-state index is 0.117. The molecular weight excluding hydrogens is 396 g/mol. The normalized spacial score (nSPS) is 11.7. The van der Waals surface area contributed by atoms with E-state index in [4.69, 9.17) is 22.0 Å². The standard InChI is InChI=1S/C20H17ClN4O2S/c1-25-15(12-22)7-9-18(25)16-8-6-14(11-19(16)28(23)27)24-20(26)10-13-4-2-3-5-17(13)21/h2-9,11H,10,23H2,1H3,(H,24,26). The van der Waals surface area contributed by atoms with Gasteiger partial charge in [0.25, 0.3) is 0 Å². The van der Waals surface area contributed by atoms with E-state index in [1.54, 1.807) is 60.1 Å². The fraction of sp³-hybridized carbons (Fsp3) is 0.100. The van der Waals surface area contributed by atoms with Gasteiger partial charge in [-0.25, -0.2) is 0 Å². The Labute approximate surface area is 170 Å². The summed E-state index contributed by atoms with van der Waals surface area (Å²) in [5.41, 5.74) is 3.01. The smallest absolute Gasteiger partial charge is 0.228 e. The molecule has 3 rings (SSSR count). The van der Waals surface area contributed by atoms with Crippen LogP contribution in [-0.2, 0) is 29.6 Å². The highest BCUT2D eigenvalue weighted by Gasteiger charge is 2.19. The lowest BCUT2D eigenvalue weighted by Gasteiger charge is -2.13. The quantitative estimate of drug-likeness (QED) is 0.626. The van der Waals surface area contributed by atoms with Gasteiger partial charge >= 0.3 is 0 Å². The summed E-state index contributed by atoms with van der Waals surface area (Å²) in [5, 5.41) is 18.1. The van der Waals surface area contributed by atoms with Crippen LogP contribution in [0.5, 0.6) is 0 Å². The highest BCUT2D eigenvalue weighted by atomic mass is 35.5. The van der Waals surface area contributed by atoms with Gasteiger partial charge in [0.2, 0.25) is 5.91 Å². The maximum Gasteiger partial charge on any atom is 0.228 e. The van der Waals surface area contributed by atoms with Gasteiger partial charge in [0, 0.05) is 23.8 Å². The SMILES string of the molecule is Cn1c(C#N)ccc1-c1ccc(NC(=O)Cc2ccccc2Cl)cc1[S+](N)[O-]. The van der Waals surface area contributed by atoms with Crippen molar-refractivity contribution in [1.29, 1.82) is 5.26 Å². The zero-order valence-corrected chi connectivity index (χ0v) is 16.6. The molecule has 0 fully saturated rings. The lowest BCUT2D eigenvalue weighted by Crippen LogP contribution is -2.17. The number of amides is 1. The van der Waals surface area contributed by atoms with Gasteiger partial charge in [0.05, 0.1) is 29.0 Å². The second kappa shape index (κ2) is 8.50. The molecule has 1 unspecified atom stereocenters. The molecule has 1 aromatic heterocycles. The Morgan fingerprint density at radius 1 is 1.29 bits per heavy atom. The van der Waals surface area contributed by atoms with Gasteiger partial charge in [-0.2, -0.15) is 5.26 Å². The molecule has 28 heavy (non-hydrogen) atoms. The molecule has 0 spiro atoms. The molecule has 0 radical (unpaired) electrons. The molecule has 0 aliphatic rings. The minimum Gasteiger partial charge on any atom is -0.593 e. The molecule has 2 aromatic carbocycles. The van der Waals surface area contributed by atoms with Crippen LogP contribution in [0.1, 0.15) is 11.3 Å². The number of nitrogens with two attached hydrogens (primary N) is 1. The number of nitriles is 1. The summed E-state index contributed by atoms with van der Waals surface area (Å²) in [6.45, 7) is 0. The van der Waals surface area contributed by atoms with E-state index >= 15 is 0 Å².